The number of benzene rings is 1. The summed E-state index contributed by atoms with van der Waals surface area (Å²) in [5.41, 5.74) is 1.68. The Balaban J connectivity index is 2.90. The van der Waals surface area contributed by atoms with Gasteiger partial charge in [-0.25, -0.2) is 0 Å². The summed E-state index contributed by atoms with van der Waals surface area (Å²) in [7, 11) is 1.63. The van der Waals surface area contributed by atoms with Gasteiger partial charge < -0.3 is 9.47 Å². The van der Waals surface area contributed by atoms with Crippen LogP contribution in [0.25, 0.3) is 0 Å². The molecule has 0 bridgehead atoms. The summed E-state index contributed by atoms with van der Waals surface area (Å²) >= 11 is 0. The lowest BCUT2D eigenvalue weighted by atomic mass is 9.84. The molecule has 0 saturated carbocycles. The summed E-state index contributed by atoms with van der Waals surface area (Å²) in [5, 5.41) is 9.15. The SMILES string of the molecule is COCCOc1ccc(C(C)(C)C)c(C#N)c1. The van der Waals surface area contributed by atoms with Crippen molar-refractivity contribution in [1.29, 1.82) is 5.26 Å². The lowest BCUT2D eigenvalue weighted by Crippen LogP contribution is -2.13. The minimum Gasteiger partial charge on any atom is -0.491 e. The molecule has 1 aromatic rings. The van der Waals surface area contributed by atoms with Gasteiger partial charge in [-0.3, -0.25) is 0 Å². The number of methoxy groups -OCH3 is 1. The second-order valence-corrected chi connectivity index (χ2v) is 4.91. The maximum Gasteiger partial charge on any atom is 0.120 e. The normalized spacial score (nSPS) is 11.0. The molecule has 0 N–H and O–H groups in total. The minimum atomic E-state index is -0.0316. The zero-order valence-electron chi connectivity index (χ0n) is 10.9. The number of nitrogens with zero attached hydrogens (tertiary/aromatic N) is 1. The largest absolute Gasteiger partial charge is 0.491 e. The molecule has 0 radical (unpaired) electrons. The topological polar surface area (TPSA) is 42.2 Å². The summed E-state index contributed by atoms with van der Waals surface area (Å²) in [6, 6.07) is 7.87. The smallest absolute Gasteiger partial charge is 0.120 e. The van der Waals surface area contributed by atoms with Crippen molar-refractivity contribution >= 4 is 0 Å². The Morgan fingerprint density at radius 2 is 1.94 bits per heavy atom. The molecule has 1 rings (SSSR count). The lowest BCUT2D eigenvalue weighted by molar-refractivity contribution is 0.146. The zero-order chi connectivity index (χ0) is 12.9. The molecule has 92 valence electrons. The third kappa shape index (κ3) is 3.76. The van der Waals surface area contributed by atoms with E-state index in [0.717, 1.165) is 5.56 Å². The monoisotopic (exact) mass is 233 g/mol. The number of hydrogen-bond donors (Lipinski definition) is 0. The fourth-order valence-corrected chi connectivity index (χ4v) is 1.60. The van der Waals surface area contributed by atoms with E-state index >= 15 is 0 Å². The van der Waals surface area contributed by atoms with E-state index in [1.54, 1.807) is 13.2 Å². The standard InChI is InChI=1S/C14H19NO2/c1-14(2,3)13-6-5-12(9-11(13)10-15)17-8-7-16-4/h5-6,9H,7-8H2,1-4H3. The molecule has 0 unspecified atom stereocenters. The van der Waals surface area contributed by atoms with Crippen LogP contribution in [0.4, 0.5) is 0 Å². The maximum atomic E-state index is 9.15. The fourth-order valence-electron chi connectivity index (χ4n) is 1.60. The van der Waals surface area contributed by atoms with Crippen molar-refractivity contribution in [2.75, 3.05) is 20.3 Å². The van der Waals surface area contributed by atoms with Crippen molar-refractivity contribution in [3.05, 3.63) is 29.3 Å². The van der Waals surface area contributed by atoms with Gasteiger partial charge in [-0.15, -0.1) is 0 Å². The van der Waals surface area contributed by atoms with Crippen molar-refractivity contribution in [3.63, 3.8) is 0 Å². The van der Waals surface area contributed by atoms with E-state index in [2.05, 4.69) is 26.8 Å². The third-order valence-corrected chi connectivity index (χ3v) is 2.48. The average molecular weight is 233 g/mol. The van der Waals surface area contributed by atoms with Crippen molar-refractivity contribution < 1.29 is 9.47 Å². The predicted octanol–water partition coefficient (Wildman–Crippen LogP) is 2.88. The molecule has 3 nitrogen and oxygen atoms in total. The van der Waals surface area contributed by atoms with Crippen LogP contribution in [0, 0.1) is 11.3 Å². The first-order chi connectivity index (χ1) is 7.99. The average Bonchev–Trinajstić information content (AvgIpc) is 2.28. The van der Waals surface area contributed by atoms with Crippen molar-refractivity contribution in [1.82, 2.24) is 0 Å². The van der Waals surface area contributed by atoms with Crippen molar-refractivity contribution in [2.24, 2.45) is 0 Å². The summed E-state index contributed by atoms with van der Waals surface area (Å²) in [6.45, 7) is 7.32. The van der Waals surface area contributed by atoms with Gasteiger partial charge in [0.2, 0.25) is 0 Å². The van der Waals surface area contributed by atoms with E-state index in [1.165, 1.54) is 0 Å². The second kappa shape index (κ2) is 5.70. The summed E-state index contributed by atoms with van der Waals surface area (Å²) in [6.07, 6.45) is 0. The van der Waals surface area contributed by atoms with Crippen LogP contribution >= 0.6 is 0 Å². The highest BCUT2D eigenvalue weighted by atomic mass is 16.5. The van der Waals surface area contributed by atoms with Gasteiger partial charge in [-0.1, -0.05) is 26.8 Å². The van der Waals surface area contributed by atoms with Gasteiger partial charge in [0.25, 0.3) is 0 Å². The number of nitriles is 1. The van der Waals surface area contributed by atoms with Crippen LogP contribution in [-0.4, -0.2) is 20.3 Å². The van der Waals surface area contributed by atoms with Crippen molar-refractivity contribution in [3.8, 4) is 11.8 Å². The quantitative estimate of drug-likeness (QED) is 0.751. The molecule has 0 aliphatic carbocycles. The van der Waals surface area contributed by atoms with Crippen LogP contribution in [-0.2, 0) is 10.2 Å². The van der Waals surface area contributed by atoms with Gasteiger partial charge in [0.1, 0.15) is 12.4 Å². The van der Waals surface area contributed by atoms with E-state index in [4.69, 9.17) is 14.7 Å². The highest BCUT2D eigenvalue weighted by Gasteiger charge is 2.18. The molecule has 0 amide bonds. The molecular formula is C14H19NO2. The van der Waals surface area contributed by atoms with E-state index in [1.807, 2.05) is 12.1 Å². The molecule has 0 spiro atoms. The van der Waals surface area contributed by atoms with Gasteiger partial charge >= 0.3 is 0 Å². The first-order valence-electron chi connectivity index (χ1n) is 5.65. The van der Waals surface area contributed by atoms with Gasteiger partial charge in [-0.2, -0.15) is 5.26 Å². The van der Waals surface area contributed by atoms with Crippen LogP contribution < -0.4 is 4.74 Å². The molecule has 0 fully saturated rings. The Morgan fingerprint density at radius 1 is 1.24 bits per heavy atom. The molecule has 3 heteroatoms. The highest BCUT2D eigenvalue weighted by Crippen LogP contribution is 2.28. The Labute approximate surface area is 103 Å². The zero-order valence-corrected chi connectivity index (χ0v) is 10.9. The fraction of sp³-hybridized carbons (Fsp3) is 0.500. The van der Waals surface area contributed by atoms with Gasteiger partial charge in [-0.05, 0) is 23.1 Å². The van der Waals surface area contributed by atoms with Crippen LogP contribution in [0.5, 0.6) is 5.75 Å². The molecule has 0 saturated heterocycles. The first kappa shape index (κ1) is 13.5. The van der Waals surface area contributed by atoms with Crippen LogP contribution in [0.3, 0.4) is 0 Å². The maximum absolute atomic E-state index is 9.15. The first-order valence-corrected chi connectivity index (χ1v) is 5.65. The Kier molecular flexibility index (Phi) is 4.53. The number of rotatable bonds is 4. The minimum absolute atomic E-state index is 0.0316. The second-order valence-electron chi connectivity index (χ2n) is 4.91. The van der Waals surface area contributed by atoms with Crippen molar-refractivity contribution in [2.45, 2.75) is 26.2 Å². The molecule has 0 atom stereocenters. The number of ether oxygens (including phenoxy) is 2. The predicted molar refractivity (Wildman–Crippen MR) is 67.2 cm³/mol. The Hall–Kier alpha value is -1.53. The summed E-state index contributed by atoms with van der Waals surface area (Å²) in [5.74, 6) is 0.714. The lowest BCUT2D eigenvalue weighted by Gasteiger charge is -2.21. The van der Waals surface area contributed by atoms with E-state index in [0.29, 0.717) is 24.5 Å². The van der Waals surface area contributed by atoms with Gasteiger partial charge in [0.05, 0.1) is 18.2 Å². The van der Waals surface area contributed by atoms with E-state index in [9.17, 15) is 0 Å². The van der Waals surface area contributed by atoms with E-state index in [-0.39, 0.29) is 5.41 Å². The third-order valence-electron chi connectivity index (χ3n) is 2.48. The highest BCUT2D eigenvalue weighted by molar-refractivity contribution is 5.46. The Bertz CT molecular complexity index is 413. The summed E-state index contributed by atoms with van der Waals surface area (Å²) < 4.78 is 10.4. The van der Waals surface area contributed by atoms with Gasteiger partial charge in [0, 0.05) is 7.11 Å². The van der Waals surface area contributed by atoms with E-state index < -0.39 is 0 Å². The number of hydrogen-bond acceptors (Lipinski definition) is 3. The summed E-state index contributed by atoms with van der Waals surface area (Å²) in [4.78, 5) is 0. The van der Waals surface area contributed by atoms with Crippen LogP contribution in [0.2, 0.25) is 0 Å². The molecule has 1 aromatic carbocycles. The van der Waals surface area contributed by atoms with Gasteiger partial charge in [0.15, 0.2) is 0 Å². The van der Waals surface area contributed by atoms with Crippen LogP contribution in [0.15, 0.2) is 18.2 Å². The molecule has 0 aromatic heterocycles. The molecular weight excluding hydrogens is 214 g/mol. The Morgan fingerprint density at radius 3 is 2.47 bits per heavy atom. The van der Waals surface area contributed by atoms with Crippen LogP contribution in [0.1, 0.15) is 31.9 Å². The molecule has 0 heterocycles. The molecule has 0 aliphatic heterocycles. The molecule has 17 heavy (non-hydrogen) atoms. The molecule has 0 aliphatic rings.